The number of nitrogens with zero attached hydrogens (tertiary/aromatic N) is 1. The third-order valence-electron chi connectivity index (χ3n) is 3.98. The highest BCUT2D eigenvalue weighted by atomic mass is 35.5. The molecular formula is C16H22ClNO2. The van der Waals surface area contributed by atoms with Gasteiger partial charge >= 0.3 is 0 Å². The van der Waals surface area contributed by atoms with E-state index in [1.165, 1.54) is 0 Å². The van der Waals surface area contributed by atoms with Crippen LogP contribution in [-0.4, -0.2) is 35.6 Å². The summed E-state index contributed by atoms with van der Waals surface area (Å²) in [6, 6.07) is 7.68. The van der Waals surface area contributed by atoms with Crippen molar-refractivity contribution < 1.29 is 9.90 Å². The molecule has 0 aromatic heterocycles. The zero-order valence-electron chi connectivity index (χ0n) is 11.7. The molecule has 1 amide bonds. The monoisotopic (exact) mass is 295 g/mol. The fraction of sp³-hybridized carbons (Fsp3) is 0.562. The first-order valence-corrected chi connectivity index (χ1v) is 7.70. The first-order valence-electron chi connectivity index (χ1n) is 7.32. The summed E-state index contributed by atoms with van der Waals surface area (Å²) in [4.78, 5) is 14.2. The van der Waals surface area contributed by atoms with Crippen LogP contribution in [0.4, 0.5) is 0 Å². The third kappa shape index (κ3) is 4.22. The first kappa shape index (κ1) is 15.3. The Bertz CT molecular complexity index is 448. The van der Waals surface area contributed by atoms with Crippen LogP contribution in [0, 0.1) is 5.92 Å². The molecule has 0 saturated carbocycles. The summed E-state index contributed by atoms with van der Waals surface area (Å²) in [7, 11) is 0. The maximum atomic E-state index is 12.3. The molecule has 1 heterocycles. The standard InChI is InChI=1S/C16H22ClNO2/c17-15-6-2-1-5-14(15)7-8-16(20)18-10-3-4-13(12-18)9-11-19/h1-2,5-6,13,19H,3-4,7-12H2. The van der Waals surface area contributed by atoms with E-state index < -0.39 is 0 Å². The summed E-state index contributed by atoms with van der Waals surface area (Å²) >= 11 is 6.11. The second kappa shape index (κ2) is 7.65. The number of benzene rings is 1. The van der Waals surface area contributed by atoms with Gasteiger partial charge < -0.3 is 10.0 Å². The van der Waals surface area contributed by atoms with Crippen molar-refractivity contribution in [2.75, 3.05) is 19.7 Å². The Kier molecular flexibility index (Phi) is 5.86. The fourth-order valence-corrected chi connectivity index (χ4v) is 3.04. The average Bonchev–Trinajstić information content (AvgIpc) is 2.47. The molecule has 1 unspecified atom stereocenters. The molecule has 1 atom stereocenters. The second-order valence-electron chi connectivity index (χ2n) is 5.45. The Morgan fingerprint density at radius 2 is 2.20 bits per heavy atom. The lowest BCUT2D eigenvalue weighted by Gasteiger charge is -2.32. The van der Waals surface area contributed by atoms with Crippen molar-refractivity contribution in [3.8, 4) is 0 Å². The zero-order chi connectivity index (χ0) is 14.4. The molecule has 1 fully saturated rings. The zero-order valence-corrected chi connectivity index (χ0v) is 12.5. The number of rotatable bonds is 5. The quantitative estimate of drug-likeness (QED) is 0.907. The van der Waals surface area contributed by atoms with Gasteiger partial charge in [-0.15, -0.1) is 0 Å². The van der Waals surface area contributed by atoms with E-state index in [9.17, 15) is 4.79 Å². The van der Waals surface area contributed by atoms with Crippen molar-refractivity contribution in [3.63, 3.8) is 0 Å². The number of piperidine rings is 1. The molecular weight excluding hydrogens is 274 g/mol. The number of aryl methyl sites for hydroxylation is 1. The first-order chi connectivity index (χ1) is 9.70. The summed E-state index contributed by atoms with van der Waals surface area (Å²) in [5.41, 5.74) is 1.03. The normalized spacial score (nSPS) is 19.1. The lowest BCUT2D eigenvalue weighted by atomic mass is 9.95. The van der Waals surface area contributed by atoms with Crippen LogP contribution in [0.25, 0.3) is 0 Å². The predicted molar refractivity (Wildman–Crippen MR) is 80.8 cm³/mol. The van der Waals surface area contributed by atoms with Gasteiger partial charge in [0.1, 0.15) is 0 Å². The Morgan fingerprint density at radius 1 is 1.40 bits per heavy atom. The van der Waals surface area contributed by atoms with E-state index in [1.807, 2.05) is 29.2 Å². The fourth-order valence-electron chi connectivity index (χ4n) is 2.81. The van der Waals surface area contributed by atoms with E-state index in [2.05, 4.69) is 0 Å². The van der Waals surface area contributed by atoms with E-state index in [4.69, 9.17) is 16.7 Å². The lowest BCUT2D eigenvalue weighted by Crippen LogP contribution is -2.40. The molecule has 1 aromatic carbocycles. The van der Waals surface area contributed by atoms with E-state index >= 15 is 0 Å². The van der Waals surface area contributed by atoms with Crippen LogP contribution in [0.15, 0.2) is 24.3 Å². The number of carbonyl (C=O) groups excluding carboxylic acids is 1. The Balaban J connectivity index is 1.84. The van der Waals surface area contributed by atoms with Crippen molar-refractivity contribution in [1.82, 2.24) is 4.90 Å². The second-order valence-corrected chi connectivity index (χ2v) is 5.86. The maximum Gasteiger partial charge on any atom is 0.222 e. The van der Waals surface area contributed by atoms with Crippen LogP contribution in [0.2, 0.25) is 5.02 Å². The molecule has 0 bridgehead atoms. The molecule has 110 valence electrons. The van der Waals surface area contributed by atoms with Gasteiger partial charge in [0, 0.05) is 31.1 Å². The number of amides is 1. The van der Waals surface area contributed by atoms with Gasteiger partial charge in [0.2, 0.25) is 5.91 Å². The third-order valence-corrected chi connectivity index (χ3v) is 4.34. The molecule has 0 spiro atoms. The Labute approximate surface area is 125 Å². The number of halogens is 1. The summed E-state index contributed by atoms with van der Waals surface area (Å²) < 4.78 is 0. The molecule has 3 nitrogen and oxygen atoms in total. The highest BCUT2D eigenvalue weighted by Gasteiger charge is 2.22. The van der Waals surface area contributed by atoms with Crippen molar-refractivity contribution in [1.29, 1.82) is 0 Å². The Morgan fingerprint density at radius 3 is 2.95 bits per heavy atom. The number of hydrogen-bond donors (Lipinski definition) is 1. The molecule has 20 heavy (non-hydrogen) atoms. The van der Waals surface area contributed by atoms with Gasteiger partial charge in [-0.25, -0.2) is 0 Å². The van der Waals surface area contributed by atoms with E-state index in [-0.39, 0.29) is 12.5 Å². The highest BCUT2D eigenvalue weighted by Crippen LogP contribution is 2.21. The minimum Gasteiger partial charge on any atom is -0.396 e. The lowest BCUT2D eigenvalue weighted by molar-refractivity contribution is -0.133. The van der Waals surface area contributed by atoms with Crippen LogP contribution in [0.1, 0.15) is 31.2 Å². The topological polar surface area (TPSA) is 40.5 Å². The molecule has 1 aromatic rings. The minimum atomic E-state index is 0.201. The number of carbonyl (C=O) groups is 1. The Hall–Kier alpha value is -1.06. The summed E-state index contributed by atoms with van der Waals surface area (Å²) in [6.07, 6.45) is 4.17. The minimum absolute atomic E-state index is 0.201. The smallest absolute Gasteiger partial charge is 0.222 e. The number of likely N-dealkylation sites (tertiary alicyclic amines) is 1. The van der Waals surface area contributed by atoms with Crippen molar-refractivity contribution in [2.24, 2.45) is 5.92 Å². The molecule has 0 aliphatic carbocycles. The molecule has 4 heteroatoms. The van der Waals surface area contributed by atoms with Gasteiger partial charge in [-0.1, -0.05) is 29.8 Å². The van der Waals surface area contributed by atoms with Crippen molar-refractivity contribution in [2.45, 2.75) is 32.1 Å². The SMILES string of the molecule is O=C(CCc1ccccc1Cl)N1CCCC(CCO)C1. The largest absolute Gasteiger partial charge is 0.396 e. The van der Waals surface area contributed by atoms with Crippen LogP contribution in [-0.2, 0) is 11.2 Å². The van der Waals surface area contributed by atoms with Gasteiger partial charge in [0.25, 0.3) is 0 Å². The van der Waals surface area contributed by atoms with Crippen LogP contribution < -0.4 is 0 Å². The van der Waals surface area contributed by atoms with Gasteiger partial charge in [-0.3, -0.25) is 4.79 Å². The highest BCUT2D eigenvalue weighted by molar-refractivity contribution is 6.31. The molecule has 2 rings (SSSR count). The van der Waals surface area contributed by atoms with Gasteiger partial charge in [0.05, 0.1) is 0 Å². The van der Waals surface area contributed by atoms with E-state index in [0.29, 0.717) is 18.8 Å². The molecule has 1 aliphatic heterocycles. The summed E-state index contributed by atoms with van der Waals surface area (Å²) in [5, 5.41) is 9.74. The number of aliphatic hydroxyl groups excluding tert-OH is 1. The van der Waals surface area contributed by atoms with Gasteiger partial charge in [0.15, 0.2) is 0 Å². The molecule has 1 saturated heterocycles. The molecule has 1 aliphatic rings. The molecule has 0 radical (unpaired) electrons. The molecule has 1 N–H and O–H groups in total. The number of aliphatic hydroxyl groups is 1. The predicted octanol–water partition coefficient (Wildman–Crippen LogP) is 2.89. The summed E-state index contributed by atoms with van der Waals surface area (Å²) in [6.45, 7) is 1.86. The van der Waals surface area contributed by atoms with Gasteiger partial charge in [-0.2, -0.15) is 0 Å². The maximum absolute atomic E-state index is 12.3. The average molecular weight is 296 g/mol. The van der Waals surface area contributed by atoms with Crippen molar-refractivity contribution >= 4 is 17.5 Å². The van der Waals surface area contributed by atoms with Gasteiger partial charge in [-0.05, 0) is 43.2 Å². The van der Waals surface area contributed by atoms with E-state index in [0.717, 1.165) is 42.9 Å². The van der Waals surface area contributed by atoms with Crippen LogP contribution in [0.5, 0.6) is 0 Å². The van der Waals surface area contributed by atoms with Crippen LogP contribution >= 0.6 is 11.6 Å². The van der Waals surface area contributed by atoms with Crippen LogP contribution in [0.3, 0.4) is 0 Å². The van der Waals surface area contributed by atoms with Crippen molar-refractivity contribution in [3.05, 3.63) is 34.9 Å². The summed E-state index contributed by atoms with van der Waals surface area (Å²) in [5.74, 6) is 0.658. The van der Waals surface area contributed by atoms with E-state index in [1.54, 1.807) is 0 Å². The number of hydrogen-bond acceptors (Lipinski definition) is 2.